The number of esters is 2. The van der Waals surface area contributed by atoms with Gasteiger partial charge in [-0.2, -0.15) is 0 Å². The van der Waals surface area contributed by atoms with E-state index in [0.29, 0.717) is 12.8 Å². The summed E-state index contributed by atoms with van der Waals surface area (Å²) in [6.45, 7) is 3.80. The van der Waals surface area contributed by atoms with Crippen LogP contribution >= 0.6 is 7.82 Å². The quantitative estimate of drug-likeness (QED) is 0.0279. The summed E-state index contributed by atoms with van der Waals surface area (Å²) >= 11 is 0. The molecule has 0 aromatic carbocycles. The molecule has 9 heteroatoms. The summed E-state index contributed by atoms with van der Waals surface area (Å²) in [6, 6.07) is 0. The number of carbonyl (C=O) groups is 2. The summed E-state index contributed by atoms with van der Waals surface area (Å²) in [5.74, 6) is -0.811. The monoisotopic (exact) mass is 865 g/mol. The third-order valence-electron chi connectivity index (χ3n) is 10.8. The van der Waals surface area contributed by atoms with Crippen molar-refractivity contribution in [2.24, 2.45) is 0 Å². The molecule has 0 rings (SSSR count). The van der Waals surface area contributed by atoms with Gasteiger partial charge in [0.15, 0.2) is 6.10 Å². The molecule has 0 spiro atoms. The van der Waals surface area contributed by atoms with E-state index < -0.39 is 26.5 Å². The molecule has 0 heterocycles. The van der Waals surface area contributed by atoms with Gasteiger partial charge in [0, 0.05) is 20.0 Å². The van der Waals surface area contributed by atoms with E-state index in [1.165, 1.54) is 122 Å². The van der Waals surface area contributed by atoms with E-state index in [1.54, 1.807) is 0 Å². The molecule has 1 N–H and O–H groups in total. The summed E-state index contributed by atoms with van der Waals surface area (Å²) in [4.78, 5) is 34.6. The maximum atomic E-state index is 12.6. The second kappa shape index (κ2) is 46.5. The lowest BCUT2D eigenvalue weighted by Crippen LogP contribution is -2.29. The molecule has 8 nitrogen and oxygen atoms in total. The molecule has 0 aliphatic heterocycles. The molecule has 0 aromatic heterocycles. The fourth-order valence-corrected chi connectivity index (χ4v) is 7.52. The Hall–Kier alpha value is -1.99. The van der Waals surface area contributed by atoms with Crippen LogP contribution in [0.5, 0.6) is 0 Å². The normalized spacial score (nSPS) is 13.6. The van der Waals surface area contributed by atoms with E-state index in [4.69, 9.17) is 14.0 Å². The SMILES string of the molecule is CC/C=C\C/C=C\C/C=C\C/C=C\CCCCCCCCC(=O)OC(COC(=O)CCCCCCCCCCCCCCCCCCCCCCCC)COP(=O)(O)OC. The highest BCUT2D eigenvalue weighted by atomic mass is 31.2. The topological polar surface area (TPSA) is 108 Å². The number of allylic oxidation sites excluding steroid dienone is 8. The van der Waals surface area contributed by atoms with Gasteiger partial charge in [0.2, 0.25) is 0 Å². The van der Waals surface area contributed by atoms with Crippen molar-refractivity contribution in [2.45, 2.75) is 245 Å². The van der Waals surface area contributed by atoms with Gasteiger partial charge in [-0.25, -0.2) is 4.57 Å². The van der Waals surface area contributed by atoms with Crippen LogP contribution in [0.25, 0.3) is 0 Å². The van der Waals surface area contributed by atoms with E-state index in [1.807, 2.05) is 0 Å². The molecule has 0 radical (unpaired) electrons. The number of unbranched alkanes of at least 4 members (excludes halogenated alkanes) is 27. The lowest BCUT2D eigenvalue weighted by Gasteiger charge is -2.19. The van der Waals surface area contributed by atoms with Gasteiger partial charge in [0.05, 0.1) is 6.61 Å². The molecule has 0 fully saturated rings. The standard InChI is InChI=1S/C51H93O8P/c1-4-6-8-10-12-14-16-18-20-22-24-25-26-28-29-31-33-35-37-39-41-43-45-50(52)57-47-49(48-58-60(54,55)56-3)59-51(53)46-44-42-40-38-36-34-32-30-27-23-21-19-17-15-13-11-9-7-5-2/h7,9,13,15,19,21,27,30,49H,4-6,8,10-12,14,16-18,20,22-26,28-29,31-48H2,1-3H3,(H,54,55)/b9-7-,15-13-,21-19-,30-27-. The summed E-state index contributed by atoms with van der Waals surface area (Å²) in [6.07, 6.45) is 57.5. The molecule has 0 bridgehead atoms. The van der Waals surface area contributed by atoms with Gasteiger partial charge in [-0.1, -0.05) is 223 Å². The summed E-state index contributed by atoms with van der Waals surface area (Å²) in [5, 5.41) is 0. The van der Waals surface area contributed by atoms with E-state index in [-0.39, 0.29) is 19.0 Å². The molecular formula is C51H93O8P. The first-order valence-electron chi connectivity index (χ1n) is 24.8. The summed E-state index contributed by atoms with van der Waals surface area (Å²) in [7, 11) is -3.21. The molecule has 2 atom stereocenters. The van der Waals surface area contributed by atoms with E-state index in [9.17, 15) is 19.0 Å². The Morgan fingerprint density at radius 1 is 0.483 bits per heavy atom. The minimum atomic E-state index is -4.27. The molecular weight excluding hydrogens is 772 g/mol. The van der Waals surface area contributed by atoms with Crippen molar-refractivity contribution in [3.63, 3.8) is 0 Å². The Morgan fingerprint density at radius 3 is 1.27 bits per heavy atom. The number of carbonyl (C=O) groups excluding carboxylic acids is 2. The van der Waals surface area contributed by atoms with Crippen molar-refractivity contribution in [1.82, 2.24) is 0 Å². The Labute approximate surface area is 369 Å². The lowest BCUT2D eigenvalue weighted by atomic mass is 10.0. The van der Waals surface area contributed by atoms with E-state index in [2.05, 4.69) is 67.0 Å². The molecule has 60 heavy (non-hydrogen) atoms. The zero-order valence-electron chi connectivity index (χ0n) is 39.1. The van der Waals surface area contributed by atoms with Crippen LogP contribution in [-0.4, -0.2) is 43.3 Å². The van der Waals surface area contributed by atoms with Gasteiger partial charge < -0.3 is 14.4 Å². The average Bonchev–Trinajstić information content (AvgIpc) is 3.24. The first-order valence-corrected chi connectivity index (χ1v) is 26.3. The molecule has 2 unspecified atom stereocenters. The predicted molar refractivity (Wildman–Crippen MR) is 253 cm³/mol. The van der Waals surface area contributed by atoms with Crippen molar-refractivity contribution < 1.29 is 37.6 Å². The Bertz CT molecular complexity index is 1120. The van der Waals surface area contributed by atoms with Crippen molar-refractivity contribution in [3.8, 4) is 0 Å². The highest BCUT2D eigenvalue weighted by Crippen LogP contribution is 2.42. The number of hydrogen-bond acceptors (Lipinski definition) is 7. The zero-order valence-corrected chi connectivity index (χ0v) is 40.0. The third-order valence-corrected chi connectivity index (χ3v) is 11.8. The maximum absolute atomic E-state index is 12.6. The fraction of sp³-hybridized carbons (Fsp3) is 0.804. The fourth-order valence-electron chi connectivity index (χ4n) is 7.06. The number of phosphoric acid groups is 1. The van der Waals surface area contributed by atoms with Crippen LogP contribution in [-0.2, 0) is 32.7 Å². The number of rotatable bonds is 46. The maximum Gasteiger partial charge on any atom is 0.472 e. The predicted octanol–water partition coefficient (Wildman–Crippen LogP) is 16.1. The van der Waals surface area contributed by atoms with Crippen molar-refractivity contribution in [3.05, 3.63) is 48.6 Å². The van der Waals surface area contributed by atoms with Gasteiger partial charge in [0.25, 0.3) is 0 Å². The highest BCUT2D eigenvalue weighted by molar-refractivity contribution is 7.47. The molecule has 0 amide bonds. The van der Waals surface area contributed by atoms with Crippen LogP contribution < -0.4 is 0 Å². The Kier molecular flexibility index (Phi) is 45.0. The van der Waals surface area contributed by atoms with Crippen LogP contribution in [0, 0.1) is 0 Å². The van der Waals surface area contributed by atoms with Gasteiger partial charge in [-0.05, 0) is 51.4 Å². The van der Waals surface area contributed by atoms with Crippen LogP contribution in [0.1, 0.15) is 239 Å². The van der Waals surface area contributed by atoms with Crippen LogP contribution in [0.3, 0.4) is 0 Å². The second-order valence-corrected chi connectivity index (χ2v) is 18.1. The van der Waals surface area contributed by atoms with Gasteiger partial charge in [0.1, 0.15) is 6.61 Å². The average molecular weight is 865 g/mol. The summed E-state index contributed by atoms with van der Waals surface area (Å²) in [5.41, 5.74) is 0. The van der Waals surface area contributed by atoms with Crippen molar-refractivity contribution in [2.75, 3.05) is 20.3 Å². The molecule has 350 valence electrons. The Morgan fingerprint density at radius 2 is 0.850 bits per heavy atom. The third kappa shape index (κ3) is 45.5. The first-order chi connectivity index (χ1) is 29.3. The molecule has 0 saturated carbocycles. The molecule has 0 aliphatic rings. The number of hydrogen-bond donors (Lipinski definition) is 1. The van der Waals surface area contributed by atoms with Gasteiger partial charge >= 0.3 is 19.8 Å². The Balaban J connectivity index is 3.91. The van der Waals surface area contributed by atoms with E-state index in [0.717, 1.165) is 90.6 Å². The highest BCUT2D eigenvalue weighted by Gasteiger charge is 2.24. The lowest BCUT2D eigenvalue weighted by molar-refractivity contribution is -0.161. The van der Waals surface area contributed by atoms with Gasteiger partial charge in [-0.15, -0.1) is 0 Å². The van der Waals surface area contributed by atoms with Gasteiger partial charge in [-0.3, -0.25) is 18.6 Å². The smallest absolute Gasteiger partial charge is 0.462 e. The minimum Gasteiger partial charge on any atom is -0.462 e. The first kappa shape index (κ1) is 58.0. The molecule has 0 aliphatic carbocycles. The van der Waals surface area contributed by atoms with Crippen molar-refractivity contribution in [1.29, 1.82) is 0 Å². The van der Waals surface area contributed by atoms with Crippen LogP contribution in [0.2, 0.25) is 0 Å². The molecule has 0 saturated heterocycles. The second-order valence-electron chi connectivity index (χ2n) is 16.6. The largest absolute Gasteiger partial charge is 0.472 e. The summed E-state index contributed by atoms with van der Waals surface area (Å²) < 4.78 is 32.1. The molecule has 0 aromatic rings. The number of ether oxygens (including phenoxy) is 2. The number of phosphoric ester groups is 1. The minimum absolute atomic E-state index is 0.229. The van der Waals surface area contributed by atoms with E-state index >= 15 is 0 Å². The zero-order chi connectivity index (χ0) is 43.9. The van der Waals surface area contributed by atoms with Crippen LogP contribution in [0.4, 0.5) is 0 Å². The van der Waals surface area contributed by atoms with Crippen LogP contribution in [0.15, 0.2) is 48.6 Å². The van der Waals surface area contributed by atoms with Crippen molar-refractivity contribution >= 4 is 19.8 Å².